The molecule has 0 spiro atoms. The summed E-state index contributed by atoms with van der Waals surface area (Å²) in [7, 11) is -4.20. The molecule has 1 unspecified atom stereocenters. The number of aromatic nitrogens is 1. The summed E-state index contributed by atoms with van der Waals surface area (Å²) in [6, 6.07) is 19.0. The van der Waals surface area contributed by atoms with Crippen molar-refractivity contribution in [3.8, 4) is 0 Å². The fourth-order valence-corrected chi connectivity index (χ4v) is 7.73. The van der Waals surface area contributed by atoms with Crippen LogP contribution in [0.5, 0.6) is 0 Å². The maximum Gasteiger partial charge on any atom is 0.338 e. The quantitative estimate of drug-likeness (QED) is 0.0547. The third-order valence-corrected chi connectivity index (χ3v) is 9.52. The van der Waals surface area contributed by atoms with Gasteiger partial charge in [0.1, 0.15) is 6.61 Å². The maximum absolute atomic E-state index is 14.1. The molecule has 238 valence electrons. The van der Waals surface area contributed by atoms with Crippen LogP contribution in [0.4, 0.5) is 0 Å². The third-order valence-electron chi connectivity index (χ3n) is 7.32. The molecule has 0 bridgehead atoms. The van der Waals surface area contributed by atoms with Gasteiger partial charge in [0.2, 0.25) is 5.22 Å². The molecule has 2 aliphatic heterocycles. The molecular formula is C33H29ClN2O9S. The van der Waals surface area contributed by atoms with Gasteiger partial charge in [-0.25, -0.2) is 18.0 Å². The van der Waals surface area contributed by atoms with Crippen LogP contribution in [0.2, 0.25) is 0 Å². The van der Waals surface area contributed by atoms with Gasteiger partial charge in [-0.2, -0.15) is 4.89 Å². The van der Waals surface area contributed by atoms with Crippen LogP contribution in [0.1, 0.15) is 40.2 Å². The van der Waals surface area contributed by atoms with Crippen molar-refractivity contribution in [2.24, 2.45) is 0 Å². The first-order valence-electron chi connectivity index (χ1n) is 14.0. The van der Waals surface area contributed by atoms with E-state index in [1.54, 1.807) is 48.5 Å². The minimum atomic E-state index is -4.20. The number of hydrogen-bond acceptors (Lipinski definition) is 10. The van der Waals surface area contributed by atoms with Crippen molar-refractivity contribution < 1.29 is 42.1 Å². The molecule has 0 saturated carbocycles. The van der Waals surface area contributed by atoms with E-state index in [-0.39, 0.29) is 23.4 Å². The second-order valence-corrected chi connectivity index (χ2v) is 13.2. The highest BCUT2D eigenvalue weighted by Gasteiger charge is 2.66. The number of pyridine rings is 1. The Morgan fingerprint density at radius 2 is 1.74 bits per heavy atom. The number of rotatable bonds is 11. The Morgan fingerprint density at radius 3 is 2.33 bits per heavy atom. The molecule has 13 heteroatoms. The van der Waals surface area contributed by atoms with Crippen LogP contribution in [0.3, 0.4) is 0 Å². The molecule has 2 aliphatic rings. The standard InChI is InChI=1S/C33H29ClN2O9S/c1-4-17-42-31(38)24-15-16-35-25(18-24)19-26-29(37)36-28(33(3,45-44-21(2)34)20-46(40,41)30(26)36)32(39)43-27(22-11-7-5-8-12-22)23-13-9-6-10-14-23/h4-16,18-19,27-28,30H,1-2,17,20H2,3H3/b26-19-/t28-,30+,33?/m0/s1. The highest BCUT2D eigenvalue weighted by atomic mass is 35.5. The normalized spacial score (nSPS) is 22.4. The van der Waals surface area contributed by atoms with E-state index >= 15 is 0 Å². The molecule has 3 atom stereocenters. The molecule has 2 aromatic carbocycles. The van der Waals surface area contributed by atoms with E-state index in [0.29, 0.717) is 11.1 Å². The number of halogens is 1. The number of fused-ring (bicyclic) bond motifs is 1. The zero-order valence-corrected chi connectivity index (χ0v) is 26.1. The maximum atomic E-state index is 14.1. The summed E-state index contributed by atoms with van der Waals surface area (Å²) in [6.45, 7) is 8.17. The lowest BCUT2D eigenvalue weighted by Gasteiger charge is -2.53. The van der Waals surface area contributed by atoms with Crippen LogP contribution >= 0.6 is 11.6 Å². The van der Waals surface area contributed by atoms with Crippen LogP contribution in [0.15, 0.2) is 109 Å². The Morgan fingerprint density at radius 1 is 1.11 bits per heavy atom. The predicted molar refractivity (Wildman–Crippen MR) is 167 cm³/mol. The van der Waals surface area contributed by atoms with E-state index in [1.165, 1.54) is 37.4 Å². The lowest BCUT2D eigenvalue weighted by molar-refractivity contribution is -0.332. The fourth-order valence-electron chi connectivity index (χ4n) is 5.42. The first-order valence-corrected chi connectivity index (χ1v) is 16.0. The van der Waals surface area contributed by atoms with Crippen molar-refractivity contribution in [1.82, 2.24) is 9.88 Å². The molecule has 0 aliphatic carbocycles. The van der Waals surface area contributed by atoms with Crippen LogP contribution in [0, 0.1) is 0 Å². The molecule has 2 fully saturated rings. The highest BCUT2D eigenvalue weighted by molar-refractivity contribution is 7.92. The van der Waals surface area contributed by atoms with Crippen molar-refractivity contribution in [3.63, 3.8) is 0 Å². The lowest BCUT2D eigenvalue weighted by atomic mass is 9.90. The van der Waals surface area contributed by atoms with E-state index in [9.17, 15) is 22.8 Å². The number of nitrogens with zero attached hydrogens (tertiary/aromatic N) is 2. The SMILES string of the molecule is C=CCOC(=O)c1ccnc(/C=C2/C(=O)N3[C@@H](C(=O)OC(c4ccccc4)c4ccccc4)C(C)(OOC(=C)Cl)CS(=O)(=O)[C@H]23)c1. The summed E-state index contributed by atoms with van der Waals surface area (Å²) in [5, 5.41) is -1.97. The van der Waals surface area contributed by atoms with Gasteiger partial charge < -0.3 is 19.3 Å². The van der Waals surface area contributed by atoms with Crippen molar-refractivity contribution in [3.05, 3.63) is 131 Å². The second kappa shape index (κ2) is 13.3. The van der Waals surface area contributed by atoms with Gasteiger partial charge in [-0.15, -0.1) is 0 Å². The molecule has 2 saturated heterocycles. The topological polar surface area (TPSA) is 138 Å². The lowest BCUT2D eigenvalue weighted by Crippen LogP contribution is -2.76. The molecule has 0 N–H and O–H groups in total. The summed E-state index contributed by atoms with van der Waals surface area (Å²) < 4.78 is 38.5. The number of carbonyl (C=O) groups excluding carboxylic acids is 3. The summed E-state index contributed by atoms with van der Waals surface area (Å²) in [5.74, 6) is -3.14. The second-order valence-electron chi connectivity index (χ2n) is 10.7. The Labute approximate surface area is 270 Å². The number of benzene rings is 2. The Kier molecular flexibility index (Phi) is 9.42. The summed E-state index contributed by atoms with van der Waals surface area (Å²) in [6.07, 6.45) is 3.08. The van der Waals surface area contributed by atoms with E-state index in [1.807, 2.05) is 12.1 Å². The van der Waals surface area contributed by atoms with Gasteiger partial charge in [-0.1, -0.05) is 73.3 Å². The first kappa shape index (κ1) is 32.6. The van der Waals surface area contributed by atoms with Crippen molar-refractivity contribution in [2.45, 2.75) is 30.0 Å². The molecule has 0 radical (unpaired) electrons. The third kappa shape index (κ3) is 6.59. The molecule has 3 aromatic rings. The molecule has 46 heavy (non-hydrogen) atoms. The monoisotopic (exact) mass is 664 g/mol. The summed E-state index contributed by atoms with van der Waals surface area (Å²) >= 11 is 5.74. The summed E-state index contributed by atoms with van der Waals surface area (Å²) in [4.78, 5) is 55.6. The fraction of sp³-hybridized carbons (Fsp3) is 0.212. The van der Waals surface area contributed by atoms with Crippen molar-refractivity contribution >= 4 is 45.4 Å². The smallest absolute Gasteiger partial charge is 0.338 e. The number of hydrogen-bond donors (Lipinski definition) is 0. The number of β-lactam (4-membered cyclic amide) rings is 1. The molecular weight excluding hydrogens is 636 g/mol. The van der Waals surface area contributed by atoms with Gasteiger partial charge in [0.25, 0.3) is 5.91 Å². The molecule has 3 heterocycles. The summed E-state index contributed by atoms with van der Waals surface area (Å²) in [5.41, 5.74) is -0.575. The highest BCUT2D eigenvalue weighted by Crippen LogP contribution is 2.45. The van der Waals surface area contributed by atoms with Gasteiger partial charge >= 0.3 is 11.9 Å². The van der Waals surface area contributed by atoms with E-state index in [2.05, 4.69) is 18.1 Å². The van der Waals surface area contributed by atoms with Crippen LogP contribution in [0.25, 0.3) is 6.08 Å². The van der Waals surface area contributed by atoms with Crippen LogP contribution in [-0.4, -0.2) is 65.5 Å². The average Bonchev–Trinajstić information content (AvgIpc) is 3.04. The van der Waals surface area contributed by atoms with Crippen LogP contribution < -0.4 is 0 Å². The minimum absolute atomic E-state index is 0.0140. The van der Waals surface area contributed by atoms with Crippen molar-refractivity contribution in [2.75, 3.05) is 12.4 Å². The number of sulfone groups is 1. The van der Waals surface area contributed by atoms with E-state index in [0.717, 1.165) is 4.90 Å². The number of carbonyl (C=O) groups is 3. The molecule has 5 rings (SSSR count). The van der Waals surface area contributed by atoms with Gasteiger partial charge in [-0.05, 0) is 54.4 Å². The minimum Gasteiger partial charge on any atom is -0.458 e. The Bertz CT molecular complexity index is 1780. The van der Waals surface area contributed by atoms with E-state index in [4.69, 9.17) is 30.8 Å². The van der Waals surface area contributed by atoms with E-state index < -0.39 is 61.8 Å². The molecule has 11 nitrogen and oxygen atoms in total. The molecule has 1 amide bonds. The van der Waals surface area contributed by atoms with Crippen LogP contribution in [-0.2, 0) is 38.7 Å². The molecule has 1 aromatic heterocycles. The number of amides is 1. The Balaban J connectivity index is 1.52. The number of ether oxygens (including phenoxy) is 2. The Hall–Kier alpha value is -4.78. The van der Waals surface area contributed by atoms with Crippen molar-refractivity contribution in [1.29, 1.82) is 0 Å². The first-order chi connectivity index (χ1) is 21.9. The number of esters is 2. The van der Waals surface area contributed by atoms with Gasteiger partial charge in [0.15, 0.2) is 33.0 Å². The van der Waals surface area contributed by atoms with Gasteiger partial charge in [-0.3, -0.25) is 9.78 Å². The predicted octanol–water partition coefficient (Wildman–Crippen LogP) is 4.52. The zero-order chi connectivity index (χ0) is 33.1. The van der Waals surface area contributed by atoms with Gasteiger partial charge in [0.05, 0.1) is 22.6 Å². The average molecular weight is 665 g/mol. The largest absolute Gasteiger partial charge is 0.458 e. The zero-order valence-electron chi connectivity index (χ0n) is 24.6. The van der Waals surface area contributed by atoms with Gasteiger partial charge in [0, 0.05) is 6.20 Å².